The minimum Gasteiger partial charge on any atom is -0.261 e. The SMILES string of the molecule is CC(C)(C)c1nc([Si](C)(C)C)cc(I)c1Br. The average Bonchev–Trinajstić information content (AvgIpc) is 2.05. The molecule has 1 aromatic heterocycles. The first-order valence-corrected chi connectivity index (χ1v) is 10.8. The van der Waals surface area contributed by atoms with Gasteiger partial charge in [-0.25, -0.2) is 0 Å². The summed E-state index contributed by atoms with van der Waals surface area (Å²) in [7, 11) is -1.33. The maximum atomic E-state index is 4.89. The van der Waals surface area contributed by atoms with E-state index in [0.29, 0.717) is 0 Å². The molecule has 1 heterocycles. The highest BCUT2D eigenvalue weighted by atomic mass is 127. The fraction of sp³-hybridized carbons (Fsp3) is 0.583. The van der Waals surface area contributed by atoms with Gasteiger partial charge in [0.1, 0.15) is 8.07 Å². The predicted octanol–water partition coefficient (Wildman–Crippen LogP) is 4.29. The lowest BCUT2D eigenvalue weighted by atomic mass is 9.92. The zero-order chi connectivity index (χ0) is 12.7. The van der Waals surface area contributed by atoms with E-state index < -0.39 is 8.07 Å². The van der Waals surface area contributed by atoms with E-state index in [1.54, 1.807) is 0 Å². The van der Waals surface area contributed by atoms with Crippen LogP contribution in [0.2, 0.25) is 19.6 Å². The number of rotatable bonds is 1. The first-order chi connectivity index (χ1) is 7.03. The monoisotopic (exact) mass is 411 g/mol. The second-order valence-electron chi connectivity index (χ2n) is 6.15. The van der Waals surface area contributed by atoms with E-state index in [1.807, 2.05) is 0 Å². The van der Waals surface area contributed by atoms with Crippen LogP contribution in [0.4, 0.5) is 0 Å². The van der Waals surface area contributed by atoms with E-state index >= 15 is 0 Å². The van der Waals surface area contributed by atoms with Crippen molar-refractivity contribution in [1.29, 1.82) is 0 Å². The standard InChI is InChI=1S/C12H19BrINSi/c1-12(2,3)11-10(13)8(14)7-9(15-11)16(4,5)6/h7H,1-6H3. The Kier molecular flexibility index (Phi) is 4.29. The molecule has 0 aliphatic rings. The Hall–Kier alpha value is 0.577. The van der Waals surface area contributed by atoms with Crippen LogP contribution in [0.25, 0.3) is 0 Å². The Morgan fingerprint density at radius 3 is 2.12 bits per heavy atom. The first kappa shape index (κ1) is 14.6. The van der Waals surface area contributed by atoms with E-state index in [0.717, 1.165) is 4.47 Å². The van der Waals surface area contributed by atoms with Crippen molar-refractivity contribution in [2.24, 2.45) is 0 Å². The lowest BCUT2D eigenvalue weighted by molar-refractivity contribution is 0.566. The molecule has 0 aliphatic carbocycles. The van der Waals surface area contributed by atoms with Crippen LogP contribution in [0, 0.1) is 3.57 Å². The third kappa shape index (κ3) is 3.29. The highest BCUT2D eigenvalue weighted by Gasteiger charge is 2.26. The highest BCUT2D eigenvalue weighted by molar-refractivity contribution is 14.1. The number of hydrogen-bond acceptors (Lipinski definition) is 1. The van der Waals surface area contributed by atoms with Crippen molar-refractivity contribution in [1.82, 2.24) is 4.98 Å². The molecule has 0 N–H and O–H groups in total. The number of nitrogens with zero attached hydrogens (tertiary/aromatic N) is 1. The van der Waals surface area contributed by atoms with Crippen LogP contribution in [0.15, 0.2) is 10.5 Å². The number of halogens is 2. The zero-order valence-electron chi connectivity index (χ0n) is 10.8. The summed E-state index contributed by atoms with van der Waals surface area (Å²) < 4.78 is 2.43. The van der Waals surface area contributed by atoms with Gasteiger partial charge in [0.2, 0.25) is 0 Å². The van der Waals surface area contributed by atoms with Crippen LogP contribution in [0.3, 0.4) is 0 Å². The summed E-state index contributed by atoms with van der Waals surface area (Å²) in [5.41, 5.74) is 1.27. The fourth-order valence-corrected chi connectivity index (χ4v) is 4.05. The van der Waals surface area contributed by atoms with E-state index in [4.69, 9.17) is 4.98 Å². The van der Waals surface area contributed by atoms with E-state index in [-0.39, 0.29) is 5.41 Å². The van der Waals surface area contributed by atoms with E-state index in [9.17, 15) is 0 Å². The predicted molar refractivity (Wildman–Crippen MR) is 86.3 cm³/mol. The summed E-state index contributed by atoms with van der Waals surface area (Å²) in [6, 6.07) is 2.23. The van der Waals surface area contributed by atoms with Crippen molar-refractivity contribution in [2.45, 2.75) is 45.8 Å². The number of hydrogen-bond donors (Lipinski definition) is 0. The molecular weight excluding hydrogens is 393 g/mol. The highest BCUT2D eigenvalue weighted by Crippen LogP contribution is 2.30. The van der Waals surface area contributed by atoms with Crippen molar-refractivity contribution >= 4 is 51.9 Å². The van der Waals surface area contributed by atoms with Gasteiger partial charge in [0.15, 0.2) is 0 Å². The van der Waals surface area contributed by atoms with Gasteiger partial charge in [-0.1, -0.05) is 40.4 Å². The molecule has 0 aromatic carbocycles. The van der Waals surface area contributed by atoms with E-state index in [2.05, 4.69) is 85.0 Å². The first-order valence-electron chi connectivity index (χ1n) is 5.40. The molecule has 0 saturated carbocycles. The maximum Gasteiger partial charge on any atom is 0.101 e. The molecular formula is C12H19BrINSi. The van der Waals surface area contributed by atoms with Crippen LogP contribution in [0.5, 0.6) is 0 Å². The lowest BCUT2D eigenvalue weighted by Gasteiger charge is -2.24. The average molecular weight is 412 g/mol. The van der Waals surface area contributed by atoms with Crippen LogP contribution in [0.1, 0.15) is 26.5 Å². The van der Waals surface area contributed by atoms with Gasteiger partial charge in [0, 0.05) is 14.3 Å². The molecule has 0 unspecified atom stereocenters. The molecule has 90 valence electrons. The molecule has 0 spiro atoms. The molecule has 0 aliphatic heterocycles. The Bertz CT molecular complexity index is 405. The number of pyridine rings is 1. The van der Waals surface area contributed by atoms with E-state index in [1.165, 1.54) is 14.6 Å². The largest absolute Gasteiger partial charge is 0.261 e. The molecule has 1 rings (SSSR count). The van der Waals surface area contributed by atoms with Gasteiger partial charge < -0.3 is 0 Å². The smallest absolute Gasteiger partial charge is 0.101 e. The molecule has 0 bridgehead atoms. The molecule has 0 fully saturated rings. The molecule has 0 saturated heterocycles. The second-order valence-corrected chi connectivity index (χ2v) is 13.1. The molecule has 16 heavy (non-hydrogen) atoms. The van der Waals surface area contributed by atoms with Crippen LogP contribution < -0.4 is 5.32 Å². The van der Waals surface area contributed by atoms with Crippen molar-refractivity contribution in [3.05, 3.63) is 19.8 Å². The topological polar surface area (TPSA) is 12.9 Å². The van der Waals surface area contributed by atoms with Crippen LogP contribution in [-0.2, 0) is 5.41 Å². The minimum absolute atomic E-state index is 0.0917. The van der Waals surface area contributed by atoms with Crippen molar-refractivity contribution in [2.75, 3.05) is 0 Å². The van der Waals surface area contributed by atoms with Gasteiger partial charge >= 0.3 is 0 Å². The zero-order valence-corrected chi connectivity index (χ0v) is 15.5. The molecule has 1 aromatic rings. The second kappa shape index (κ2) is 4.69. The summed E-state index contributed by atoms with van der Waals surface area (Å²) in [5, 5.41) is 1.30. The van der Waals surface area contributed by atoms with Crippen molar-refractivity contribution < 1.29 is 0 Å². The quantitative estimate of drug-likeness (QED) is 0.496. The molecule has 0 amide bonds. The van der Waals surface area contributed by atoms with Crippen molar-refractivity contribution in [3.8, 4) is 0 Å². The van der Waals surface area contributed by atoms with Crippen LogP contribution >= 0.6 is 38.5 Å². The summed E-state index contributed by atoms with van der Waals surface area (Å²) >= 11 is 6.05. The van der Waals surface area contributed by atoms with Gasteiger partial charge in [0.25, 0.3) is 0 Å². The van der Waals surface area contributed by atoms with Gasteiger partial charge in [-0.15, -0.1) is 0 Å². The Balaban J connectivity index is 3.46. The summed E-state index contributed by atoms with van der Waals surface area (Å²) in [6.07, 6.45) is 0. The Labute approximate surface area is 122 Å². The summed E-state index contributed by atoms with van der Waals surface area (Å²) in [4.78, 5) is 4.89. The summed E-state index contributed by atoms with van der Waals surface area (Å²) in [6.45, 7) is 13.7. The third-order valence-corrected chi connectivity index (χ3v) is 6.58. The van der Waals surface area contributed by atoms with Gasteiger partial charge in [0.05, 0.1) is 10.2 Å². The van der Waals surface area contributed by atoms with Gasteiger partial charge in [-0.05, 0) is 44.6 Å². The van der Waals surface area contributed by atoms with Crippen LogP contribution in [-0.4, -0.2) is 13.1 Å². The normalized spacial score (nSPS) is 13.0. The van der Waals surface area contributed by atoms with Gasteiger partial charge in [-0.3, -0.25) is 4.98 Å². The van der Waals surface area contributed by atoms with Gasteiger partial charge in [-0.2, -0.15) is 0 Å². The Morgan fingerprint density at radius 1 is 1.25 bits per heavy atom. The number of aromatic nitrogens is 1. The molecule has 0 atom stereocenters. The molecule has 4 heteroatoms. The summed E-state index contributed by atoms with van der Waals surface area (Å²) in [5.74, 6) is 0. The lowest BCUT2D eigenvalue weighted by Crippen LogP contribution is -2.41. The Morgan fingerprint density at radius 2 is 1.75 bits per heavy atom. The molecule has 1 nitrogen and oxygen atoms in total. The maximum absolute atomic E-state index is 4.89. The third-order valence-electron chi connectivity index (χ3n) is 2.39. The minimum atomic E-state index is -1.33. The molecule has 0 radical (unpaired) electrons. The fourth-order valence-electron chi connectivity index (χ4n) is 1.38. The van der Waals surface area contributed by atoms with Crippen molar-refractivity contribution in [3.63, 3.8) is 0 Å².